The molecule has 1 unspecified atom stereocenters. The molecule has 2 aliphatic rings. The average molecular weight is 214 g/mol. The van der Waals surface area contributed by atoms with E-state index in [1.165, 1.54) is 38.9 Å². The van der Waals surface area contributed by atoms with Crippen LogP contribution in [0.3, 0.4) is 0 Å². The van der Waals surface area contributed by atoms with Crippen molar-refractivity contribution in [3.8, 4) is 0 Å². The summed E-state index contributed by atoms with van der Waals surface area (Å²) in [6.45, 7) is 11.9. The van der Waals surface area contributed by atoms with E-state index in [4.69, 9.17) is 0 Å². The molecule has 2 heterocycles. The van der Waals surface area contributed by atoms with Crippen LogP contribution in [0.5, 0.6) is 0 Å². The standard InChI is InChI=1S/C9H18N2.2C2H6/c1-10-7-5-9(8-10)4-3-6-11(9)2;2*1-2/h3-8H2,1-2H3;2*1-2H3. The van der Waals surface area contributed by atoms with E-state index in [2.05, 4.69) is 23.9 Å². The first-order valence-corrected chi connectivity index (χ1v) is 6.63. The molecule has 0 aromatic rings. The molecule has 0 aromatic carbocycles. The Kier molecular flexibility index (Phi) is 7.20. The number of hydrogen-bond donors (Lipinski definition) is 0. The van der Waals surface area contributed by atoms with Gasteiger partial charge in [0, 0.05) is 12.1 Å². The third-order valence-corrected chi connectivity index (χ3v) is 3.47. The third kappa shape index (κ3) is 3.46. The maximum Gasteiger partial charge on any atom is 0.0345 e. The fourth-order valence-corrected chi connectivity index (χ4v) is 2.65. The molecule has 0 amide bonds. The summed E-state index contributed by atoms with van der Waals surface area (Å²) in [7, 11) is 4.52. The summed E-state index contributed by atoms with van der Waals surface area (Å²) in [6.07, 6.45) is 4.22. The van der Waals surface area contributed by atoms with Crippen molar-refractivity contribution in [1.82, 2.24) is 9.80 Å². The second kappa shape index (κ2) is 7.24. The van der Waals surface area contributed by atoms with Crippen LogP contribution in [-0.2, 0) is 0 Å². The van der Waals surface area contributed by atoms with E-state index in [0.717, 1.165) is 0 Å². The lowest BCUT2D eigenvalue weighted by atomic mass is 9.96. The van der Waals surface area contributed by atoms with Gasteiger partial charge in [-0.25, -0.2) is 0 Å². The van der Waals surface area contributed by atoms with E-state index in [1.807, 2.05) is 27.7 Å². The Morgan fingerprint density at radius 1 is 0.867 bits per heavy atom. The Labute approximate surface area is 96.6 Å². The molecule has 0 saturated carbocycles. The fourth-order valence-electron chi connectivity index (χ4n) is 2.65. The van der Waals surface area contributed by atoms with E-state index < -0.39 is 0 Å². The van der Waals surface area contributed by atoms with Crippen molar-refractivity contribution in [2.75, 3.05) is 33.7 Å². The predicted molar refractivity (Wildman–Crippen MR) is 69.4 cm³/mol. The van der Waals surface area contributed by atoms with Gasteiger partial charge in [0.1, 0.15) is 0 Å². The van der Waals surface area contributed by atoms with Crippen LogP contribution < -0.4 is 0 Å². The second-order valence-electron chi connectivity index (χ2n) is 4.24. The van der Waals surface area contributed by atoms with Crippen molar-refractivity contribution in [2.24, 2.45) is 0 Å². The maximum absolute atomic E-state index is 2.57. The minimum atomic E-state index is 0.578. The lowest BCUT2D eigenvalue weighted by Crippen LogP contribution is -2.43. The van der Waals surface area contributed by atoms with Gasteiger partial charge in [-0.05, 0) is 46.4 Å². The summed E-state index contributed by atoms with van der Waals surface area (Å²) in [5, 5.41) is 0. The van der Waals surface area contributed by atoms with Crippen molar-refractivity contribution in [2.45, 2.75) is 52.5 Å². The van der Waals surface area contributed by atoms with Crippen molar-refractivity contribution in [1.29, 1.82) is 0 Å². The van der Waals surface area contributed by atoms with Crippen LogP contribution in [-0.4, -0.2) is 49.1 Å². The molecule has 15 heavy (non-hydrogen) atoms. The first kappa shape index (κ1) is 14.9. The van der Waals surface area contributed by atoms with E-state index in [0.29, 0.717) is 5.54 Å². The predicted octanol–water partition coefficient (Wildman–Crippen LogP) is 2.84. The van der Waals surface area contributed by atoms with Crippen LogP contribution in [0.4, 0.5) is 0 Å². The Morgan fingerprint density at radius 3 is 1.80 bits per heavy atom. The summed E-state index contributed by atoms with van der Waals surface area (Å²) in [5.41, 5.74) is 0.578. The largest absolute Gasteiger partial charge is 0.304 e. The van der Waals surface area contributed by atoms with Gasteiger partial charge in [0.25, 0.3) is 0 Å². The van der Waals surface area contributed by atoms with Crippen molar-refractivity contribution < 1.29 is 0 Å². The Bertz CT molecular complexity index is 159. The molecule has 2 heteroatoms. The van der Waals surface area contributed by atoms with Gasteiger partial charge in [0.2, 0.25) is 0 Å². The third-order valence-electron chi connectivity index (χ3n) is 3.47. The molecular weight excluding hydrogens is 184 g/mol. The molecule has 0 aromatic heterocycles. The number of nitrogens with zero attached hydrogens (tertiary/aromatic N) is 2. The number of likely N-dealkylation sites (N-methyl/N-ethyl adjacent to an activating group) is 2. The minimum absolute atomic E-state index is 0.578. The summed E-state index contributed by atoms with van der Waals surface area (Å²) >= 11 is 0. The fraction of sp³-hybridized carbons (Fsp3) is 1.00. The van der Waals surface area contributed by atoms with E-state index in [1.54, 1.807) is 0 Å². The smallest absolute Gasteiger partial charge is 0.0345 e. The highest BCUT2D eigenvalue weighted by Crippen LogP contribution is 2.35. The van der Waals surface area contributed by atoms with Gasteiger partial charge >= 0.3 is 0 Å². The van der Waals surface area contributed by atoms with Gasteiger partial charge in [0.05, 0.1) is 0 Å². The molecular formula is C13H30N2. The molecule has 2 nitrogen and oxygen atoms in total. The topological polar surface area (TPSA) is 6.48 Å². The highest BCUT2D eigenvalue weighted by Gasteiger charge is 2.42. The zero-order valence-electron chi connectivity index (χ0n) is 11.6. The van der Waals surface area contributed by atoms with Crippen LogP contribution >= 0.6 is 0 Å². The van der Waals surface area contributed by atoms with Crippen molar-refractivity contribution in [3.63, 3.8) is 0 Å². The zero-order valence-corrected chi connectivity index (χ0v) is 11.6. The zero-order chi connectivity index (χ0) is 11.9. The van der Waals surface area contributed by atoms with E-state index in [9.17, 15) is 0 Å². The molecule has 2 aliphatic heterocycles. The van der Waals surface area contributed by atoms with Crippen LogP contribution in [0.2, 0.25) is 0 Å². The van der Waals surface area contributed by atoms with E-state index in [-0.39, 0.29) is 0 Å². The first-order valence-electron chi connectivity index (χ1n) is 6.63. The van der Waals surface area contributed by atoms with E-state index >= 15 is 0 Å². The monoisotopic (exact) mass is 214 g/mol. The van der Waals surface area contributed by atoms with Crippen molar-refractivity contribution >= 4 is 0 Å². The molecule has 1 atom stereocenters. The lowest BCUT2D eigenvalue weighted by molar-refractivity contribution is 0.180. The average Bonchev–Trinajstić information content (AvgIpc) is 2.82. The molecule has 92 valence electrons. The van der Waals surface area contributed by atoms with Gasteiger partial charge in [-0.3, -0.25) is 4.90 Å². The van der Waals surface area contributed by atoms with Crippen LogP contribution in [0.1, 0.15) is 47.0 Å². The highest BCUT2D eigenvalue weighted by molar-refractivity contribution is 5.00. The molecule has 0 radical (unpaired) electrons. The molecule has 0 aliphatic carbocycles. The quantitative estimate of drug-likeness (QED) is 0.612. The summed E-state index contributed by atoms with van der Waals surface area (Å²) in [4.78, 5) is 5.03. The summed E-state index contributed by atoms with van der Waals surface area (Å²) < 4.78 is 0. The molecule has 1 spiro atoms. The number of rotatable bonds is 0. The van der Waals surface area contributed by atoms with Crippen LogP contribution in [0, 0.1) is 0 Å². The number of likely N-dealkylation sites (tertiary alicyclic amines) is 2. The van der Waals surface area contributed by atoms with Gasteiger partial charge in [0.15, 0.2) is 0 Å². The van der Waals surface area contributed by atoms with Crippen LogP contribution in [0.25, 0.3) is 0 Å². The molecule has 0 bridgehead atoms. The normalized spacial score (nSPS) is 30.8. The lowest BCUT2D eigenvalue weighted by Gasteiger charge is -2.31. The van der Waals surface area contributed by atoms with Gasteiger partial charge < -0.3 is 4.90 Å². The summed E-state index contributed by atoms with van der Waals surface area (Å²) in [5.74, 6) is 0. The van der Waals surface area contributed by atoms with Gasteiger partial charge in [-0.2, -0.15) is 0 Å². The first-order chi connectivity index (χ1) is 7.23. The Morgan fingerprint density at radius 2 is 1.47 bits per heavy atom. The number of hydrogen-bond acceptors (Lipinski definition) is 2. The van der Waals surface area contributed by atoms with Crippen molar-refractivity contribution in [3.05, 3.63) is 0 Å². The van der Waals surface area contributed by atoms with Gasteiger partial charge in [-0.1, -0.05) is 27.7 Å². The van der Waals surface area contributed by atoms with Gasteiger partial charge in [-0.15, -0.1) is 0 Å². The minimum Gasteiger partial charge on any atom is -0.304 e. The van der Waals surface area contributed by atoms with Crippen LogP contribution in [0.15, 0.2) is 0 Å². The maximum atomic E-state index is 2.57. The molecule has 2 fully saturated rings. The Balaban J connectivity index is 0.000000442. The molecule has 0 N–H and O–H groups in total. The second-order valence-corrected chi connectivity index (χ2v) is 4.24. The summed E-state index contributed by atoms with van der Waals surface area (Å²) in [6, 6.07) is 0. The molecule has 2 saturated heterocycles. The highest BCUT2D eigenvalue weighted by atomic mass is 15.3. The SMILES string of the molecule is CC.CC.CN1CCC2(CCCN2C)C1. The molecule has 2 rings (SSSR count). The Hall–Kier alpha value is -0.0800.